The molecule has 0 atom stereocenters. The van der Waals surface area contributed by atoms with Gasteiger partial charge in [-0.15, -0.1) is 0 Å². The number of aryl methyl sites for hydroxylation is 2. The largest absolute Gasteiger partial charge is 0.392 e. The predicted octanol–water partition coefficient (Wildman–Crippen LogP) is 2.62. The van der Waals surface area contributed by atoms with Gasteiger partial charge in [0.25, 0.3) is 0 Å². The quantitative estimate of drug-likeness (QED) is 0.773. The van der Waals surface area contributed by atoms with E-state index in [4.69, 9.17) is 5.11 Å². The van der Waals surface area contributed by atoms with Crippen molar-refractivity contribution in [2.24, 2.45) is 0 Å². The summed E-state index contributed by atoms with van der Waals surface area (Å²) in [6.45, 7) is 8.44. The Balaban J connectivity index is 3.04. The lowest BCUT2D eigenvalue weighted by Gasteiger charge is -2.15. The Kier molecular flexibility index (Phi) is 3.53. The molecule has 0 fully saturated rings. The van der Waals surface area contributed by atoms with E-state index in [2.05, 4.69) is 32.2 Å². The zero-order valence-electron chi connectivity index (χ0n) is 9.39. The minimum Gasteiger partial charge on any atom is -0.392 e. The lowest BCUT2D eigenvalue weighted by molar-refractivity contribution is 0.281. The standard InChI is InChI=1S/C12H19NO/c1-8(2)13-12-6-11(7-14)9(3)5-10(12)4/h5-6,8,13-14H,7H2,1-4H3. The van der Waals surface area contributed by atoms with E-state index in [1.165, 1.54) is 5.56 Å². The van der Waals surface area contributed by atoms with Gasteiger partial charge in [0, 0.05) is 11.7 Å². The van der Waals surface area contributed by atoms with Crippen LogP contribution >= 0.6 is 0 Å². The second-order valence-electron chi connectivity index (χ2n) is 4.05. The van der Waals surface area contributed by atoms with E-state index in [0.29, 0.717) is 6.04 Å². The van der Waals surface area contributed by atoms with E-state index in [1.54, 1.807) is 0 Å². The molecule has 0 bridgehead atoms. The third-order valence-corrected chi connectivity index (χ3v) is 2.30. The number of rotatable bonds is 3. The van der Waals surface area contributed by atoms with Crippen LogP contribution in [0.1, 0.15) is 30.5 Å². The molecule has 0 saturated carbocycles. The SMILES string of the molecule is Cc1cc(C)c(NC(C)C)cc1CO. The average molecular weight is 193 g/mol. The van der Waals surface area contributed by atoms with Crippen molar-refractivity contribution in [1.82, 2.24) is 0 Å². The molecule has 0 aromatic heterocycles. The van der Waals surface area contributed by atoms with Gasteiger partial charge in [-0.25, -0.2) is 0 Å². The maximum Gasteiger partial charge on any atom is 0.0685 e. The monoisotopic (exact) mass is 193 g/mol. The molecule has 1 rings (SSSR count). The van der Waals surface area contributed by atoms with Crippen molar-refractivity contribution in [1.29, 1.82) is 0 Å². The summed E-state index contributed by atoms with van der Waals surface area (Å²) in [6, 6.07) is 4.56. The Bertz CT molecular complexity index is 318. The van der Waals surface area contributed by atoms with Crippen molar-refractivity contribution in [2.45, 2.75) is 40.3 Å². The van der Waals surface area contributed by atoms with Crippen LogP contribution in [-0.4, -0.2) is 11.1 Å². The molecule has 0 spiro atoms. The lowest BCUT2D eigenvalue weighted by atomic mass is 10.0. The molecule has 14 heavy (non-hydrogen) atoms. The minimum absolute atomic E-state index is 0.110. The molecule has 2 N–H and O–H groups in total. The van der Waals surface area contributed by atoms with Crippen LogP contribution < -0.4 is 5.32 Å². The van der Waals surface area contributed by atoms with E-state index in [-0.39, 0.29) is 6.61 Å². The summed E-state index contributed by atoms with van der Waals surface area (Å²) in [5.74, 6) is 0. The fraction of sp³-hybridized carbons (Fsp3) is 0.500. The second kappa shape index (κ2) is 4.47. The van der Waals surface area contributed by atoms with Crippen LogP contribution in [0, 0.1) is 13.8 Å². The number of aliphatic hydroxyl groups is 1. The summed E-state index contributed by atoms with van der Waals surface area (Å²) in [5, 5.41) is 12.5. The Labute approximate surface area is 86.0 Å². The summed E-state index contributed by atoms with van der Waals surface area (Å²) >= 11 is 0. The Morgan fingerprint density at radius 2 is 1.86 bits per heavy atom. The number of hydrogen-bond donors (Lipinski definition) is 2. The topological polar surface area (TPSA) is 32.3 Å². The molecule has 2 heteroatoms. The fourth-order valence-electron chi connectivity index (χ4n) is 1.53. The zero-order valence-corrected chi connectivity index (χ0v) is 9.39. The molecule has 1 aromatic carbocycles. The summed E-state index contributed by atoms with van der Waals surface area (Å²) in [6.07, 6.45) is 0. The van der Waals surface area contributed by atoms with Crippen LogP contribution in [0.4, 0.5) is 5.69 Å². The Morgan fingerprint density at radius 1 is 1.21 bits per heavy atom. The molecule has 0 radical (unpaired) electrons. The number of nitrogens with one attached hydrogen (secondary N) is 1. The maximum absolute atomic E-state index is 9.14. The molecule has 0 amide bonds. The van der Waals surface area contributed by atoms with E-state index in [0.717, 1.165) is 16.8 Å². The Hall–Kier alpha value is -1.02. The number of aliphatic hydroxyl groups excluding tert-OH is 1. The van der Waals surface area contributed by atoms with Crippen molar-refractivity contribution in [3.8, 4) is 0 Å². The summed E-state index contributed by atoms with van der Waals surface area (Å²) in [7, 11) is 0. The maximum atomic E-state index is 9.14. The van der Waals surface area contributed by atoms with Gasteiger partial charge in [0.05, 0.1) is 6.61 Å². The third kappa shape index (κ3) is 2.48. The van der Waals surface area contributed by atoms with Gasteiger partial charge >= 0.3 is 0 Å². The first-order valence-electron chi connectivity index (χ1n) is 5.02. The number of hydrogen-bond acceptors (Lipinski definition) is 2. The van der Waals surface area contributed by atoms with Crippen LogP contribution in [0.25, 0.3) is 0 Å². The lowest BCUT2D eigenvalue weighted by Crippen LogP contribution is -2.11. The minimum atomic E-state index is 0.110. The van der Waals surface area contributed by atoms with Gasteiger partial charge in [0.15, 0.2) is 0 Å². The highest BCUT2D eigenvalue weighted by molar-refractivity contribution is 5.55. The summed E-state index contributed by atoms with van der Waals surface area (Å²) in [5.41, 5.74) is 4.50. The van der Waals surface area contributed by atoms with Crippen LogP contribution in [0.3, 0.4) is 0 Å². The van der Waals surface area contributed by atoms with E-state index < -0.39 is 0 Å². The van der Waals surface area contributed by atoms with Gasteiger partial charge in [0.2, 0.25) is 0 Å². The van der Waals surface area contributed by atoms with Crippen LogP contribution in [0.15, 0.2) is 12.1 Å². The molecule has 0 aliphatic carbocycles. The molecule has 0 heterocycles. The van der Waals surface area contributed by atoms with Gasteiger partial charge in [0.1, 0.15) is 0 Å². The Morgan fingerprint density at radius 3 is 2.36 bits per heavy atom. The molecular formula is C12H19NO. The first-order chi connectivity index (χ1) is 6.54. The van der Waals surface area contributed by atoms with Crippen LogP contribution in [0.2, 0.25) is 0 Å². The van der Waals surface area contributed by atoms with Crippen molar-refractivity contribution in [3.05, 3.63) is 28.8 Å². The van der Waals surface area contributed by atoms with Crippen molar-refractivity contribution in [3.63, 3.8) is 0 Å². The fourth-order valence-corrected chi connectivity index (χ4v) is 1.53. The number of anilines is 1. The van der Waals surface area contributed by atoms with Gasteiger partial charge in [-0.1, -0.05) is 6.07 Å². The predicted molar refractivity (Wildman–Crippen MR) is 60.6 cm³/mol. The zero-order chi connectivity index (χ0) is 10.7. The van der Waals surface area contributed by atoms with E-state index in [1.807, 2.05) is 13.0 Å². The van der Waals surface area contributed by atoms with Crippen molar-refractivity contribution in [2.75, 3.05) is 5.32 Å². The molecular weight excluding hydrogens is 174 g/mol. The van der Waals surface area contributed by atoms with Crippen LogP contribution in [-0.2, 0) is 6.61 Å². The molecule has 1 aromatic rings. The van der Waals surface area contributed by atoms with E-state index in [9.17, 15) is 0 Å². The number of benzene rings is 1. The highest BCUT2D eigenvalue weighted by atomic mass is 16.3. The highest BCUT2D eigenvalue weighted by Gasteiger charge is 2.04. The first kappa shape index (κ1) is 11.1. The van der Waals surface area contributed by atoms with Crippen molar-refractivity contribution >= 4 is 5.69 Å². The molecule has 78 valence electrons. The molecule has 0 unspecified atom stereocenters. The normalized spacial score (nSPS) is 10.7. The van der Waals surface area contributed by atoms with Gasteiger partial charge in [-0.2, -0.15) is 0 Å². The van der Waals surface area contributed by atoms with Gasteiger partial charge in [-0.05, 0) is 50.5 Å². The smallest absolute Gasteiger partial charge is 0.0685 e. The van der Waals surface area contributed by atoms with Crippen LogP contribution in [0.5, 0.6) is 0 Å². The second-order valence-corrected chi connectivity index (χ2v) is 4.05. The molecule has 0 saturated heterocycles. The van der Waals surface area contributed by atoms with Gasteiger partial charge < -0.3 is 10.4 Å². The van der Waals surface area contributed by atoms with E-state index >= 15 is 0 Å². The summed E-state index contributed by atoms with van der Waals surface area (Å²) in [4.78, 5) is 0. The molecule has 0 aliphatic heterocycles. The third-order valence-electron chi connectivity index (χ3n) is 2.30. The summed E-state index contributed by atoms with van der Waals surface area (Å²) < 4.78 is 0. The average Bonchev–Trinajstić information content (AvgIpc) is 2.09. The highest BCUT2D eigenvalue weighted by Crippen LogP contribution is 2.21. The molecule has 2 nitrogen and oxygen atoms in total. The van der Waals surface area contributed by atoms with Gasteiger partial charge in [-0.3, -0.25) is 0 Å². The first-order valence-corrected chi connectivity index (χ1v) is 5.02. The molecule has 0 aliphatic rings. The van der Waals surface area contributed by atoms with Crippen molar-refractivity contribution < 1.29 is 5.11 Å².